The van der Waals surface area contributed by atoms with E-state index < -0.39 is 12.1 Å². The third-order valence-electron chi connectivity index (χ3n) is 2.97. The fraction of sp³-hybridized carbons (Fsp3) is 0.636. The maximum absolute atomic E-state index is 11.5. The number of nitrogens with one attached hydrogen (secondary N) is 2. The van der Waals surface area contributed by atoms with E-state index >= 15 is 0 Å². The highest BCUT2D eigenvalue weighted by molar-refractivity contribution is 5.74. The van der Waals surface area contributed by atoms with Gasteiger partial charge in [0, 0.05) is 19.3 Å². The van der Waals surface area contributed by atoms with Gasteiger partial charge in [0.1, 0.15) is 0 Å². The average molecular weight is 283 g/mol. The van der Waals surface area contributed by atoms with E-state index in [9.17, 15) is 9.59 Å². The smallest absolute Gasteiger partial charge is 0.332 e. The van der Waals surface area contributed by atoms with Crippen molar-refractivity contribution in [1.82, 2.24) is 25.6 Å². The number of carbonyl (C=O) groups is 2. The molecule has 1 aromatic heterocycles. The molecule has 1 aliphatic rings. The fourth-order valence-electron chi connectivity index (χ4n) is 1.94. The summed E-state index contributed by atoms with van der Waals surface area (Å²) in [6.45, 7) is 1.27. The van der Waals surface area contributed by atoms with Crippen LogP contribution in [-0.2, 0) is 16.1 Å². The van der Waals surface area contributed by atoms with E-state index in [1.54, 1.807) is 17.1 Å². The first kappa shape index (κ1) is 14.3. The number of ether oxygens (including phenoxy) is 1. The van der Waals surface area contributed by atoms with Gasteiger partial charge in [-0.15, -0.1) is 5.10 Å². The second-order valence-electron chi connectivity index (χ2n) is 4.47. The van der Waals surface area contributed by atoms with Gasteiger partial charge in [0.15, 0.2) is 6.10 Å². The van der Waals surface area contributed by atoms with Crippen molar-refractivity contribution in [2.45, 2.75) is 31.6 Å². The molecule has 2 amide bonds. The predicted molar refractivity (Wildman–Crippen MR) is 67.0 cm³/mol. The molecule has 0 aromatic carbocycles. The zero-order valence-corrected chi connectivity index (χ0v) is 10.9. The van der Waals surface area contributed by atoms with Crippen molar-refractivity contribution in [3.05, 3.63) is 12.4 Å². The average Bonchev–Trinajstić information content (AvgIpc) is 3.07. The zero-order valence-electron chi connectivity index (χ0n) is 10.9. The molecule has 2 rings (SSSR count). The standard InChI is InChI=1S/C11H17N5O4/c17-10(18)9-2-1-8(20-9)7-13-11(19)12-3-5-16-6-4-14-15-16/h4,6,8-9H,1-3,5,7H2,(H,17,18)(H2,12,13,19). The van der Waals surface area contributed by atoms with Gasteiger partial charge in [-0.05, 0) is 12.8 Å². The molecule has 1 saturated heterocycles. The summed E-state index contributed by atoms with van der Waals surface area (Å²) in [4.78, 5) is 22.2. The van der Waals surface area contributed by atoms with Crippen molar-refractivity contribution >= 4 is 12.0 Å². The number of aliphatic carboxylic acids is 1. The summed E-state index contributed by atoms with van der Waals surface area (Å²) in [5.74, 6) is -0.954. The molecular formula is C11H17N5O4. The first-order chi connectivity index (χ1) is 9.65. The van der Waals surface area contributed by atoms with Crippen molar-refractivity contribution < 1.29 is 19.4 Å². The number of carboxylic acid groups (broad SMARTS) is 1. The minimum absolute atomic E-state index is 0.239. The highest BCUT2D eigenvalue weighted by Gasteiger charge is 2.30. The molecule has 0 radical (unpaired) electrons. The lowest BCUT2D eigenvalue weighted by molar-refractivity contribution is -0.149. The van der Waals surface area contributed by atoms with Gasteiger partial charge in [0.2, 0.25) is 0 Å². The molecule has 3 N–H and O–H groups in total. The monoisotopic (exact) mass is 283 g/mol. The van der Waals surface area contributed by atoms with Crippen LogP contribution in [0.1, 0.15) is 12.8 Å². The van der Waals surface area contributed by atoms with Crippen LogP contribution in [0.15, 0.2) is 12.4 Å². The Balaban J connectivity index is 1.57. The van der Waals surface area contributed by atoms with Crippen molar-refractivity contribution in [3.63, 3.8) is 0 Å². The molecule has 0 bridgehead atoms. The van der Waals surface area contributed by atoms with Crippen LogP contribution in [0.5, 0.6) is 0 Å². The molecule has 20 heavy (non-hydrogen) atoms. The van der Waals surface area contributed by atoms with Crippen molar-refractivity contribution in [2.24, 2.45) is 0 Å². The van der Waals surface area contributed by atoms with Gasteiger partial charge in [0.05, 0.1) is 18.8 Å². The molecule has 2 heterocycles. The number of hydrogen-bond acceptors (Lipinski definition) is 5. The Morgan fingerprint density at radius 2 is 2.25 bits per heavy atom. The lowest BCUT2D eigenvalue weighted by Gasteiger charge is -2.12. The highest BCUT2D eigenvalue weighted by Crippen LogP contribution is 2.18. The summed E-state index contributed by atoms with van der Waals surface area (Å²) in [7, 11) is 0. The third kappa shape index (κ3) is 4.19. The Hall–Kier alpha value is -2.16. The summed E-state index contributed by atoms with van der Waals surface area (Å²) in [5.41, 5.74) is 0. The molecule has 2 atom stereocenters. The van der Waals surface area contributed by atoms with Crippen LogP contribution >= 0.6 is 0 Å². The van der Waals surface area contributed by atoms with Gasteiger partial charge in [-0.25, -0.2) is 9.59 Å². The number of hydrogen-bond donors (Lipinski definition) is 3. The number of amides is 2. The van der Waals surface area contributed by atoms with E-state index in [0.717, 1.165) is 0 Å². The van der Waals surface area contributed by atoms with Crippen molar-refractivity contribution in [2.75, 3.05) is 13.1 Å². The maximum Gasteiger partial charge on any atom is 0.332 e. The maximum atomic E-state index is 11.5. The van der Waals surface area contributed by atoms with E-state index in [4.69, 9.17) is 9.84 Å². The minimum Gasteiger partial charge on any atom is -0.479 e. The Labute approximate surface area is 115 Å². The van der Waals surface area contributed by atoms with Gasteiger partial charge in [-0.3, -0.25) is 4.68 Å². The molecule has 0 aliphatic carbocycles. The van der Waals surface area contributed by atoms with E-state index in [1.807, 2.05) is 0 Å². The lowest BCUT2D eigenvalue weighted by Crippen LogP contribution is -2.41. The van der Waals surface area contributed by atoms with Crippen LogP contribution < -0.4 is 10.6 Å². The van der Waals surface area contributed by atoms with Gasteiger partial charge in [-0.1, -0.05) is 5.21 Å². The number of aromatic nitrogens is 3. The first-order valence-electron chi connectivity index (χ1n) is 6.39. The second-order valence-corrected chi connectivity index (χ2v) is 4.47. The molecule has 9 heteroatoms. The Morgan fingerprint density at radius 3 is 2.90 bits per heavy atom. The zero-order chi connectivity index (χ0) is 14.4. The topological polar surface area (TPSA) is 118 Å². The molecule has 1 aromatic rings. The molecule has 0 spiro atoms. The normalized spacial score (nSPS) is 21.6. The third-order valence-corrected chi connectivity index (χ3v) is 2.97. The summed E-state index contributed by atoms with van der Waals surface area (Å²) in [5, 5.41) is 21.5. The molecule has 1 aliphatic heterocycles. The predicted octanol–water partition coefficient (Wildman–Crippen LogP) is -0.790. The number of carbonyl (C=O) groups excluding carboxylic acids is 1. The largest absolute Gasteiger partial charge is 0.479 e. The van der Waals surface area contributed by atoms with Crippen LogP contribution in [0.2, 0.25) is 0 Å². The Bertz CT molecular complexity index is 450. The summed E-state index contributed by atoms with van der Waals surface area (Å²) < 4.78 is 6.88. The van der Waals surface area contributed by atoms with Gasteiger partial charge in [-0.2, -0.15) is 0 Å². The second kappa shape index (κ2) is 6.85. The van der Waals surface area contributed by atoms with Gasteiger partial charge >= 0.3 is 12.0 Å². The van der Waals surface area contributed by atoms with Crippen LogP contribution in [0, 0.1) is 0 Å². The number of rotatable bonds is 6. The minimum atomic E-state index is -0.954. The molecule has 1 fully saturated rings. The highest BCUT2D eigenvalue weighted by atomic mass is 16.5. The van der Waals surface area contributed by atoms with Crippen LogP contribution in [0.3, 0.4) is 0 Å². The van der Waals surface area contributed by atoms with Crippen molar-refractivity contribution in [1.29, 1.82) is 0 Å². The van der Waals surface area contributed by atoms with E-state index in [1.165, 1.54) is 0 Å². The first-order valence-corrected chi connectivity index (χ1v) is 6.39. The van der Waals surface area contributed by atoms with Crippen molar-refractivity contribution in [3.8, 4) is 0 Å². The Kier molecular flexibility index (Phi) is 4.88. The van der Waals surface area contributed by atoms with E-state index in [0.29, 0.717) is 32.5 Å². The van der Waals surface area contributed by atoms with E-state index in [2.05, 4.69) is 20.9 Å². The number of nitrogens with zero attached hydrogens (tertiary/aromatic N) is 3. The fourth-order valence-corrected chi connectivity index (χ4v) is 1.94. The summed E-state index contributed by atoms with van der Waals surface area (Å²) in [6.07, 6.45) is 3.40. The molecule has 2 unspecified atom stereocenters. The quantitative estimate of drug-likeness (QED) is 0.629. The van der Waals surface area contributed by atoms with Gasteiger partial charge in [0.25, 0.3) is 0 Å². The van der Waals surface area contributed by atoms with Crippen LogP contribution in [0.4, 0.5) is 4.79 Å². The van der Waals surface area contributed by atoms with Gasteiger partial charge < -0.3 is 20.5 Å². The molecule has 9 nitrogen and oxygen atoms in total. The summed E-state index contributed by atoms with van der Waals surface area (Å²) >= 11 is 0. The van der Waals surface area contributed by atoms with E-state index in [-0.39, 0.29) is 12.1 Å². The lowest BCUT2D eigenvalue weighted by atomic mass is 10.2. The van der Waals surface area contributed by atoms with Crippen LogP contribution in [0.25, 0.3) is 0 Å². The molecule has 110 valence electrons. The SMILES string of the molecule is O=C(NCCn1ccnn1)NCC1CCC(C(=O)O)O1. The summed E-state index contributed by atoms with van der Waals surface area (Å²) in [6, 6.07) is -0.313. The number of carboxylic acids is 1. The van der Waals surface area contributed by atoms with Crippen LogP contribution in [-0.4, -0.2) is 57.4 Å². The molecular weight excluding hydrogens is 266 g/mol. The Morgan fingerprint density at radius 1 is 1.40 bits per heavy atom. The number of urea groups is 1. The molecule has 0 saturated carbocycles.